The second kappa shape index (κ2) is 7.54. The van der Waals surface area contributed by atoms with E-state index in [1.807, 2.05) is 43.3 Å². The van der Waals surface area contributed by atoms with Crippen molar-refractivity contribution in [2.24, 2.45) is 0 Å². The fraction of sp³-hybridized carbons (Fsp3) is 0.273. The van der Waals surface area contributed by atoms with Gasteiger partial charge < -0.3 is 19.0 Å². The van der Waals surface area contributed by atoms with Crippen LogP contribution in [0.1, 0.15) is 27.7 Å². The molecule has 150 valence electrons. The molecule has 2 heterocycles. The summed E-state index contributed by atoms with van der Waals surface area (Å²) in [5.74, 6) is 0.462. The van der Waals surface area contributed by atoms with Crippen LogP contribution in [0.15, 0.2) is 51.7 Å². The van der Waals surface area contributed by atoms with Gasteiger partial charge >= 0.3 is 0 Å². The maximum Gasteiger partial charge on any atom is 0.290 e. The highest BCUT2D eigenvalue weighted by atomic mass is 35.5. The van der Waals surface area contributed by atoms with Crippen molar-refractivity contribution in [1.82, 2.24) is 9.80 Å². The standard InChI is InChI=1S/C22H21ClN2O4/c1-24(2)9-10-25-19(13-5-4-6-15(11-13)28-3)18-20(26)16-12-14(23)7-8-17(16)29-21(18)22(25)27/h4-8,11-12,19H,9-10H2,1-3H3/t19-/m0/s1. The molecule has 2 aromatic carbocycles. The van der Waals surface area contributed by atoms with Crippen LogP contribution in [0.3, 0.4) is 0 Å². The van der Waals surface area contributed by atoms with Crippen LogP contribution in [0.25, 0.3) is 11.0 Å². The molecule has 3 aromatic rings. The molecule has 0 aliphatic carbocycles. The topological polar surface area (TPSA) is 63.0 Å². The Bertz CT molecular complexity index is 1160. The van der Waals surface area contributed by atoms with Gasteiger partial charge in [0, 0.05) is 18.1 Å². The number of hydrogen-bond acceptors (Lipinski definition) is 5. The average molecular weight is 413 g/mol. The second-order valence-corrected chi connectivity index (χ2v) is 7.73. The van der Waals surface area contributed by atoms with Crippen molar-refractivity contribution in [1.29, 1.82) is 0 Å². The summed E-state index contributed by atoms with van der Waals surface area (Å²) in [6.45, 7) is 1.11. The van der Waals surface area contributed by atoms with E-state index in [0.29, 0.717) is 40.4 Å². The number of halogens is 1. The molecule has 1 atom stereocenters. The summed E-state index contributed by atoms with van der Waals surface area (Å²) in [5.41, 5.74) is 1.25. The van der Waals surface area contributed by atoms with Crippen LogP contribution in [0, 0.1) is 0 Å². The van der Waals surface area contributed by atoms with E-state index in [4.69, 9.17) is 20.8 Å². The van der Waals surface area contributed by atoms with Gasteiger partial charge in [-0.15, -0.1) is 0 Å². The lowest BCUT2D eigenvalue weighted by atomic mass is 9.98. The van der Waals surface area contributed by atoms with Crippen molar-refractivity contribution >= 4 is 28.5 Å². The number of hydrogen-bond donors (Lipinski definition) is 0. The van der Waals surface area contributed by atoms with Gasteiger partial charge in [0.15, 0.2) is 5.43 Å². The molecule has 0 bridgehead atoms. The Hall–Kier alpha value is -2.83. The van der Waals surface area contributed by atoms with Gasteiger partial charge in [-0.1, -0.05) is 23.7 Å². The number of benzene rings is 2. The number of nitrogens with zero attached hydrogens (tertiary/aromatic N) is 2. The van der Waals surface area contributed by atoms with Gasteiger partial charge in [0.2, 0.25) is 5.76 Å². The molecule has 4 rings (SSSR count). The SMILES string of the molecule is COc1cccc([C@H]2c3c(oc4ccc(Cl)cc4c3=O)C(=O)N2CCN(C)C)c1. The maximum atomic E-state index is 13.4. The monoisotopic (exact) mass is 412 g/mol. The van der Waals surface area contributed by atoms with Gasteiger partial charge in [-0.05, 0) is 50.0 Å². The van der Waals surface area contributed by atoms with Crippen molar-refractivity contribution in [3.05, 3.63) is 74.6 Å². The molecule has 7 heteroatoms. The molecule has 6 nitrogen and oxygen atoms in total. The van der Waals surface area contributed by atoms with E-state index in [0.717, 1.165) is 5.56 Å². The number of carbonyl (C=O) groups is 1. The molecule has 29 heavy (non-hydrogen) atoms. The molecule has 1 aliphatic heterocycles. The third kappa shape index (κ3) is 3.39. The second-order valence-electron chi connectivity index (χ2n) is 7.30. The van der Waals surface area contributed by atoms with Crippen LogP contribution in [-0.2, 0) is 0 Å². The van der Waals surface area contributed by atoms with E-state index < -0.39 is 6.04 Å². The number of likely N-dealkylation sites (N-methyl/N-ethyl adjacent to an activating group) is 1. The number of carbonyl (C=O) groups excluding carboxylic acids is 1. The van der Waals surface area contributed by atoms with Crippen LogP contribution in [0.5, 0.6) is 5.75 Å². The summed E-state index contributed by atoms with van der Waals surface area (Å²) in [4.78, 5) is 30.3. The zero-order chi connectivity index (χ0) is 20.7. The summed E-state index contributed by atoms with van der Waals surface area (Å²) in [6.07, 6.45) is 0. The molecule has 0 spiro atoms. The van der Waals surface area contributed by atoms with E-state index in [-0.39, 0.29) is 17.1 Å². The lowest BCUT2D eigenvalue weighted by molar-refractivity contribution is 0.0716. The smallest absolute Gasteiger partial charge is 0.290 e. The van der Waals surface area contributed by atoms with E-state index in [2.05, 4.69) is 0 Å². The number of fused-ring (bicyclic) bond motifs is 2. The molecule has 1 amide bonds. The maximum absolute atomic E-state index is 13.4. The summed E-state index contributed by atoms with van der Waals surface area (Å²) in [5, 5.41) is 0.808. The predicted molar refractivity (Wildman–Crippen MR) is 112 cm³/mol. The number of rotatable bonds is 5. The highest BCUT2D eigenvalue weighted by Crippen LogP contribution is 2.39. The molecule has 0 N–H and O–H groups in total. The summed E-state index contributed by atoms with van der Waals surface area (Å²) in [7, 11) is 5.46. The molecule has 0 unspecified atom stereocenters. The minimum Gasteiger partial charge on any atom is -0.497 e. The van der Waals surface area contributed by atoms with E-state index >= 15 is 0 Å². The summed E-state index contributed by atoms with van der Waals surface area (Å²) in [6, 6.07) is 11.7. The number of amides is 1. The van der Waals surface area contributed by atoms with Crippen molar-refractivity contribution in [2.75, 3.05) is 34.3 Å². The molecule has 0 saturated carbocycles. The van der Waals surface area contributed by atoms with Crippen LogP contribution < -0.4 is 10.2 Å². The van der Waals surface area contributed by atoms with Crippen molar-refractivity contribution in [2.45, 2.75) is 6.04 Å². The van der Waals surface area contributed by atoms with Gasteiger partial charge in [-0.2, -0.15) is 0 Å². The largest absolute Gasteiger partial charge is 0.497 e. The highest BCUT2D eigenvalue weighted by molar-refractivity contribution is 6.31. The van der Waals surface area contributed by atoms with E-state index in [9.17, 15) is 9.59 Å². The average Bonchev–Trinajstić information content (AvgIpc) is 2.99. The van der Waals surface area contributed by atoms with Crippen LogP contribution in [-0.4, -0.2) is 50.0 Å². The minimum atomic E-state index is -0.549. The van der Waals surface area contributed by atoms with Crippen LogP contribution in [0.2, 0.25) is 5.02 Å². The van der Waals surface area contributed by atoms with Gasteiger partial charge in [0.05, 0.1) is 24.1 Å². The first-order valence-corrected chi connectivity index (χ1v) is 9.64. The number of methoxy groups -OCH3 is 1. The molecule has 0 fully saturated rings. The fourth-order valence-electron chi connectivity index (χ4n) is 3.69. The van der Waals surface area contributed by atoms with E-state index in [1.54, 1.807) is 30.2 Å². The Morgan fingerprint density at radius 1 is 1.17 bits per heavy atom. The Morgan fingerprint density at radius 2 is 1.97 bits per heavy atom. The normalized spacial score (nSPS) is 16.0. The van der Waals surface area contributed by atoms with Crippen molar-refractivity contribution < 1.29 is 13.9 Å². The number of ether oxygens (including phenoxy) is 1. The molecular formula is C22H21ClN2O4. The summed E-state index contributed by atoms with van der Waals surface area (Å²) < 4.78 is 11.3. The molecule has 1 aliphatic rings. The first-order chi connectivity index (χ1) is 13.9. The minimum absolute atomic E-state index is 0.0939. The predicted octanol–water partition coefficient (Wildman–Crippen LogP) is 3.56. The van der Waals surface area contributed by atoms with Crippen molar-refractivity contribution in [3.8, 4) is 5.75 Å². The zero-order valence-electron chi connectivity index (χ0n) is 16.4. The first kappa shape index (κ1) is 19.5. The third-order valence-electron chi connectivity index (χ3n) is 5.13. The molecule has 0 radical (unpaired) electrons. The van der Waals surface area contributed by atoms with Crippen molar-refractivity contribution in [3.63, 3.8) is 0 Å². The van der Waals surface area contributed by atoms with E-state index in [1.165, 1.54) is 0 Å². The van der Waals surface area contributed by atoms with Crippen LogP contribution >= 0.6 is 11.6 Å². The van der Waals surface area contributed by atoms with Gasteiger partial charge in [0.1, 0.15) is 11.3 Å². The third-order valence-corrected chi connectivity index (χ3v) is 5.36. The Kier molecular flexibility index (Phi) is 5.06. The Labute approximate surface area is 173 Å². The Balaban J connectivity index is 1.95. The van der Waals surface area contributed by atoms with Gasteiger partial charge in [0.25, 0.3) is 5.91 Å². The molecule has 0 saturated heterocycles. The summed E-state index contributed by atoms with van der Waals surface area (Å²) >= 11 is 6.10. The van der Waals surface area contributed by atoms with Gasteiger partial charge in [-0.25, -0.2) is 0 Å². The van der Waals surface area contributed by atoms with Crippen LogP contribution in [0.4, 0.5) is 0 Å². The lowest BCUT2D eigenvalue weighted by Gasteiger charge is -2.26. The first-order valence-electron chi connectivity index (χ1n) is 9.26. The highest BCUT2D eigenvalue weighted by Gasteiger charge is 2.42. The zero-order valence-corrected chi connectivity index (χ0v) is 17.2. The molecule has 1 aromatic heterocycles. The quantitative estimate of drug-likeness (QED) is 0.641. The lowest BCUT2D eigenvalue weighted by Crippen LogP contribution is -2.35. The fourth-order valence-corrected chi connectivity index (χ4v) is 3.86. The Morgan fingerprint density at radius 3 is 2.69 bits per heavy atom. The van der Waals surface area contributed by atoms with Gasteiger partial charge in [-0.3, -0.25) is 9.59 Å². The molecular weight excluding hydrogens is 392 g/mol.